The van der Waals surface area contributed by atoms with Crippen LogP contribution in [0.1, 0.15) is 66.2 Å². The molecule has 12 nitrogen and oxygen atoms in total. The van der Waals surface area contributed by atoms with E-state index in [4.69, 9.17) is 32.7 Å². The quantitative estimate of drug-likeness (QED) is 0.0455. The van der Waals surface area contributed by atoms with Crippen molar-refractivity contribution in [3.05, 3.63) is 142 Å². The molecule has 370 valence electrons. The number of rotatable bonds is 10. The van der Waals surface area contributed by atoms with Crippen LogP contribution in [-0.2, 0) is 31.4 Å². The second-order valence-electron chi connectivity index (χ2n) is 17.0. The SMILES string of the molecule is COC(=O)c1c(C(F)(F)F)[nH]c2c(O)cc3c(c12)[C@H](CCl)CN3C(=O)/C=C/c1cccc(-c2ccc(-c3cccc(/C=C/C(=O)N4C[C@@H](CCl)c5c4cc(O)c4[nH]c(C(F)(F)F)c(C(=O)OC)c54)c3)cc2)c1. The van der Waals surface area contributed by atoms with E-state index in [0.29, 0.717) is 11.1 Å². The molecule has 2 aliphatic rings. The predicted octanol–water partition coefficient (Wildman–Crippen LogP) is 11.8. The van der Waals surface area contributed by atoms with E-state index in [0.717, 1.165) is 36.5 Å². The van der Waals surface area contributed by atoms with Crippen LogP contribution in [0.25, 0.3) is 56.2 Å². The number of phenols is 2. The number of esters is 2. The summed E-state index contributed by atoms with van der Waals surface area (Å²) in [4.78, 5) is 59.8. The Labute approximate surface area is 414 Å². The normalized spacial score (nSPS) is 15.8. The van der Waals surface area contributed by atoms with E-state index >= 15 is 0 Å². The van der Waals surface area contributed by atoms with Gasteiger partial charge in [0.25, 0.3) is 11.8 Å². The molecule has 72 heavy (non-hydrogen) atoms. The Hall–Kier alpha value is -7.70. The first-order valence-electron chi connectivity index (χ1n) is 21.8. The van der Waals surface area contributed by atoms with Gasteiger partial charge in [0.2, 0.25) is 0 Å². The molecular weight excluding hydrogens is 993 g/mol. The number of hydrogen-bond acceptors (Lipinski definition) is 8. The van der Waals surface area contributed by atoms with Gasteiger partial charge in [-0.1, -0.05) is 60.7 Å². The molecule has 0 fully saturated rings. The Morgan fingerprint density at radius 2 is 0.986 bits per heavy atom. The average Bonchev–Trinajstić information content (AvgIpc) is 4.16. The fraction of sp³-hybridized carbons (Fsp3) is 0.192. The predicted molar refractivity (Wildman–Crippen MR) is 260 cm³/mol. The Morgan fingerprint density at radius 1 is 0.611 bits per heavy atom. The molecule has 0 saturated carbocycles. The Kier molecular flexibility index (Phi) is 12.9. The molecule has 2 amide bonds. The van der Waals surface area contributed by atoms with E-state index in [1.54, 1.807) is 36.4 Å². The fourth-order valence-corrected chi connectivity index (χ4v) is 10.1. The number of halogens is 8. The molecule has 4 heterocycles. The van der Waals surface area contributed by atoms with Crippen molar-refractivity contribution in [2.24, 2.45) is 0 Å². The van der Waals surface area contributed by atoms with Gasteiger partial charge >= 0.3 is 24.3 Å². The summed E-state index contributed by atoms with van der Waals surface area (Å²) in [6.07, 6.45) is -4.26. The number of alkyl halides is 8. The number of carbonyl (C=O) groups excluding carboxylic acids is 4. The largest absolute Gasteiger partial charge is 0.506 e. The third-order valence-corrected chi connectivity index (χ3v) is 13.5. The molecule has 20 heteroatoms. The summed E-state index contributed by atoms with van der Waals surface area (Å²) in [7, 11) is 1.88. The van der Waals surface area contributed by atoms with Gasteiger partial charge in [0.15, 0.2) is 0 Å². The van der Waals surface area contributed by atoms with Gasteiger partial charge in [-0.05, 0) is 68.8 Å². The number of nitrogens with zero attached hydrogens (tertiary/aromatic N) is 2. The summed E-state index contributed by atoms with van der Waals surface area (Å²) < 4.78 is 93.9. The molecule has 4 N–H and O–H groups in total. The maximum atomic E-state index is 14.1. The van der Waals surface area contributed by atoms with E-state index in [1.807, 2.05) is 48.5 Å². The smallest absolute Gasteiger partial charge is 0.432 e. The van der Waals surface area contributed by atoms with Crippen LogP contribution in [0.15, 0.2) is 97.1 Å². The van der Waals surface area contributed by atoms with Crippen molar-refractivity contribution in [1.29, 1.82) is 0 Å². The molecule has 0 radical (unpaired) electrons. The number of benzene rings is 5. The first-order valence-corrected chi connectivity index (χ1v) is 22.9. The highest BCUT2D eigenvalue weighted by Crippen LogP contribution is 2.51. The number of hydrogen-bond donors (Lipinski definition) is 4. The topological polar surface area (TPSA) is 165 Å². The van der Waals surface area contributed by atoms with Crippen LogP contribution in [0.4, 0.5) is 37.7 Å². The molecule has 2 atom stereocenters. The fourth-order valence-electron chi connectivity index (χ4n) is 9.55. The molecule has 2 aromatic heterocycles. The zero-order valence-corrected chi connectivity index (χ0v) is 39.1. The van der Waals surface area contributed by atoms with Crippen molar-refractivity contribution in [3.8, 4) is 33.8 Å². The number of fused-ring (bicyclic) bond motifs is 6. The summed E-state index contributed by atoms with van der Waals surface area (Å²) in [5.41, 5.74) is 0.0650. The molecule has 2 aliphatic heterocycles. The maximum Gasteiger partial charge on any atom is 0.432 e. The van der Waals surface area contributed by atoms with Crippen LogP contribution in [0.5, 0.6) is 11.5 Å². The Bertz CT molecular complexity index is 3210. The van der Waals surface area contributed by atoms with Gasteiger partial charge in [-0.15, -0.1) is 23.2 Å². The highest BCUT2D eigenvalue weighted by molar-refractivity contribution is 6.21. The van der Waals surface area contributed by atoms with Gasteiger partial charge in [0.1, 0.15) is 22.9 Å². The standard InChI is InChI=1S/C52H38Cl2F6N4O8/c1-71-49(69)43-41-39-31(21-53)23-63(33(39)19-35(65)45(41)61-47(43)51(55,56)57)37(67)15-9-25-5-3-7-29(17-25)27-11-13-28(14-12-27)30-8-4-6-26(18-30)10-16-38(68)64-24-32(22-54)40-34(64)20-36(66)46-42(40)44(50(70)72-2)48(62-46)52(58,59)60/h3-20,31-32,61-62,65-66H,21-24H2,1-2H3/b15-9+,16-10+/t31-,32-/m1/s1. The van der Waals surface area contributed by atoms with Crippen molar-refractivity contribution >= 4 is 92.3 Å². The van der Waals surface area contributed by atoms with Crippen molar-refractivity contribution in [3.63, 3.8) is 0 Å². The van der Waals surface area contributed by atoms with Crippen LogP contribution < -0.4 is 9.80 Å². The molecular formula is C52H38Cl2F6N4O8. The molecule has 0 aliphatic carbocycles. The number of H-pyrrole nitrogens is 2. The summed E-state index contributed by atoms with van der Waals surface area (Å²) in [6, 6.07) is 24.6. The van der Waals surface area contributed by atoms with Crippen molar-refractivity contribution in [2.75, 3.05) is 48.9 Å². The van der Waals surface area contributed by atoms with E-state index in [1.165, 1.54) is 34.1 Å². The Morgan fingerprint density at radius 3 is 1.32 bits per heavy atom. The number of nitrogens with one attached hydrogen (secondary N) is 2. The molecule has 0 bridgehead atoms. The average molecular weight is 1030 g/mol. The molecule has 0 spiro atoms. The zero-order chi connectivity index (χ0) is 51.6. The lowest BCUT2D eigenvalue weighted by atomic mass is 9.95. The van der Waals surface area contributed by atoms with Crippen LogP contribution >= 0.6 is 23.2 Å². The lowest BCUT2D eigenvalue weighted by Gasteiger charge is -2.16. The number of aromatic amines is 2. The highest BCUT2D eigenvalue weighted by atomic mass is 35.5. The van der Waals surface area contributed by atoms with E-state index in [9.17, 15) is 55.7 Å². The van der Waals surface area contributed by atoms with Gasteiger partial charge in [-0.3, -0.25) is 9.59 Å². The van der Waals surface area contributed by atoms with E-state index in [-0.39, 0.29) is 69.2 Å². The number of aromatic nitrogens is 2. The lowest BCUT2D eigenvalue weighted by molar-refractivity contribution is -0.141. The second-order valence-corrected chi connectivity index (χ2v) is 17.6. The van der Waals surface area contributed by atoms with Crippen LogP contribution in [0.2, 0.25) is 0 Å². The minimum Gasteiger partial charge on any atom is -0.506 e. The van der Waals surface area contributed by atoms with Crippen molar-refractivity contribution in [1.82, 2.24) is 9.97 Å². The van der Waals surface area contributed by atoms with Gasteiger partial charge < -0.3 is 39.5 Å². The summed E-state index contributed by atoms with van der Waals surface area (Å²) in [6.45, 7) is -0.0720. The number of methoxy groups -OCH3 is 2. The second kappa shape index (κ2) is 18.8. The van der Waals surface area contributed by atoms with Gasteiger partial charge in [-0.2, -0.15) is 26.3 Å². The van der Waals surface area contributed by atoms with Gasteiger partial charge in [0, 0.05) is 71.7 Å². The van der Waals surface area contributed by atoms with E-state index < -0.39 is 82.0 Å². The van der Waals surface area contributed by atoms with Crippen molar-refractivity contribution in [2.45, 2.75) is 24.2 Å². The lowest BCUT2D eigenvalue weighted by Crippen LogP contribution is -2.28. The number of amides is 2. The monoisotopic (exact) mass is 1030 g/mol. The van der Waals surface area contributed by atoms with Gasteiger partial charge in [-0.25, -0.2) is 9.59 Å². The third kappa shape index (κ3) is 8.67. The molecule has 9 rings (SSSR count). The van der Waals surface area contributed by atoms with Crippen LogP contribution in [0.3, 0.4) is 0 Å². The number of ether oxygens (including phenoxy) is 2. The number of phenolic OH excluding ortho intramolecular Hbond substituents is 2. The maximum absolute atomic E-state index is 14.1. The van der Waals surface area contributed by atoms with Crippen LogP contribution in [0, 0.1) is 0 Å². The van der Waals surface area contributed by atoms with Crippen LogP contribution in [-0.4, -0.2) is 83.0 Å². The summed E-state index contributed by atoms with van der Waals surface area (Å²) >= 11 is 12.6. The number of anilines is 2. The molecule has 0 unspecified atom stereocenters. The molecule has 7 aromatic rings. The molecule has 0 saturated heterocycles. The highest BCUT2D eigenvalue weighted by Gasteiger charge is 2.45. The number of aromatic hydroxyl groups is 2. The van der Waals surface area contributed by atoms with Crippen molar-refractivity contribution < 1.29 is 65.2 Å². The zero-order valence-electron chi connectivity index (χ0n) is 37.6. The van der Waals surface area contributed by atoms with Gasteiger partial charge in [0.05, 0.1) is 47.8 Å². The van der Waals surface area contributed by atoms with E-state index in [2.05, 4.69) is 9.97 Å². The minimum absolute atomic E-state index is 0.0360. The third-order valence-electron chi connectivity index (χ3n) is 12.8. The summed E-state index contributed by atoms with van der Waals surface area (Å²) in [5.74, 6) is -6.47. The first kappa shape index (κ1) is 49.3. The minimum atomic E-state index is -5.00. The molecule has 5 aromatic carbocycles. The Balaban J connectivity index is 0.922. The first-order chi connectivity index (χ1) is 34.3. The summed E-state index contributed by atoms with van der Waals surface area (Å²) in [5, 5.41) is 21.3. The number of carbonyl (C=O) groups is 4.